The van der Waals surface area contributed by atoms with E-state index >= 15 is 0 Å². The van der Waals surface area contributed by atoms with Gasteiger partial charge in [-0.05, 0) is 19.3 Å². The lowest BCUT2D eigenvalue weighted by Gasteiger charge is -2.27. The Bertz CT molecular complexity index is 547. The maximum Gasteiger partial charge on any atom is 0.471 e. The topological polar surface area (TPSA) is 67.2 Å². The zero-order valence-corrected chi connectivity index (χ0v) is 11.4. The van der Waals surface area contributed by atoms with Gasteiger partial charge in [0.05, 0.1) is 11.9 Å². The van der Waals surface area contributed by atoms with Gasteiger partial charge >= 0.3 is 12.1 Å². The quantitative estimate of drug-likeness (QED) is 0.901. The van der Waals surface area contributed by atoms with Crippen LogP contribution in [-0.4, -0.2) is 45.8 Å². The molecule has 1 aromatic rings. The maximum atomic E-state index is 12.4. The molecule has 0 aliphatic carbocycles. The van der Waals surface area contributed by atoms with Gasteiger partial charge in [-0.1, -0.05) is 0 Å². The number of aryl methyl sites for hydroxylation is 1. The molecule has 1 aromatic heterocycles. The molecule has 2 heterocycles. The molecule has 1 N–H and O–H groups in total. The van der Waals surface area contributed by atoms with Gasteiger partial charge in [-0.2, -0.15) is 18.3 Å². The number of alkyl halides is 3. The average molecular weight is 304 g/mol. The van der Waals surface area contributed by atoms with Crippen LogP contribution in [-0.2, 0) is 11.8 Å². The molecule has 0 spiro atoms. The minimum atomic E-state index is -5.01. The van der Waals surface area contributed by atoms with Gasteiger partial charge in [-0.15, -0.1) is 0 Å². The molecule has 2 amide bonds. The summed E-state index contributed by atoms with van der Waals surface area (Å²) in [4.78, 5) is 24.9. The van der Waals surface area contributed by atoms with Crippen molar-refractivity contribution in [3.63, 3.8) is 0 Å². The zero-order valence-electron chi connectivity index (χ0n) is 11.4. The summed E-state index contributed by atoms with van der Waals surface area (Å²) in [6, 6.07) is 0. The summed E-state index contributed by atoms with van der Waals surface area (Å²) in [5.74, 6) is -2.55. The number of nitrogens with zero attached hydrogens (tertiary/aromatic N) is 3. The monoisotopic (exact) mass is 304 g/mol. The van der Waals surface area contributed by atoms with Gasteiger partial charge in [0, 0.05) is 20.1 Å². The number of hydrogen-bond acceptors (Lipinski definition) is 3. The van der Waals surface area contributed by atoms with E-state index in [4.69, 9.17) is 0 Å². The largest absolute Gasteiger partial charge is 0.471 e. The van der Waals surface area contributed by atoms with Gasteiger partial charge in [0.15, 0.2) is 0 Å². The second-order valence-corrected chi connectivity index (χ2v) is 4.84. The fourth-order valence-electron chi connectivity index (χ4n) is 2.22. The van der Waals surface area contributed by atoms with Gasteiger partial charge < -0.3 is 10.2 Å². The molecule has 1 aliphatic heterocycles. The minimum absolute atomic E-state index is 0.0468. The first-order chi connectivity index (χ1) is 9.80. The smallest absolute Gasteiger partial charge is 0.337 e. The van der Waals surface area contributed by atoms with Crippen LogP contribution < -0.4 is 5.32 Å². The van der Waals surface area contributed by atoms with E-state index in [1.807, 2.05) is 0 Å². The van der Waals surface area contributed by atoms with Crippen molar-refractivity contribution in [2.75, 3.05) is 18.4 Å². The molecule has 0 bridgehead atoms. The summed E-state index contributed by atoms with van der Waals surface area (Å²) in [5, 5.41) is 5.45. The molecule has 2 rings (SSSR count). The number of hydrogen-bond donors (Lipinski definition) is 1. The number of likely N-dealkylation sites (tertiary alicyclic amines) is 1. The van der Waals surface area contributed by atoms with Gasteiger partial charge in [0.2, 0.25) is 0 Å². The molecular weight excluding hydrogens is 289 g/mol. The van der Waals surface area contributed by atoms with E-state index in [1.165, 1.54) is 11.7 Å². The van der Waals surface area contributed by atoms with Crippen molar-refractivity contribution in [2.24, 2.45) is 7.05 Å². The van der Waals surface area contributed by atoms with Crippen LogP contribution in [0, 0.1) is 0 Å². The van der Waals surface area contributed by atoms with Crippen LogP contribution in [0.3, 0.4) is 0 Å². The number of anilines is 1. The highest BCUT2D eigenvalue weighted by Gasteiger charge is 2.39. The predicted octanol–water partition coefficient (Wildman–Crippen LogP) is 1.55. The van der Waals surface area contributed by atoms with E-state index in [0.717, 1.165) is 25.5 Å². The zero-order chi connectivity index (χ0) is 15.6. The second kappa shape index (κ2) is 5.74. The van der Waals surface area contributed by atoms with Gasteiger partial charge in [0.1, 0.15) is 5.69 Å². The van der Waals surface area contributed by atoms with E-state index in [2.05, 4.69) is 5.10 Å². The molecule has 9 heteroatoms. The van der Waals surface area contributed by atoms with Crippen molar-refractivity contribution in [1.82, 2.24) is 14.7 Å². The number of carbonyl (C=O) groups excluding carboxylic acids is 2. The SMILES string of the molecule is Cn1ncc(NC(=O)C(F)(F)F)c1C(=O)N1CCCCC1. The van der Waals surface area contributed by atoms with Crippen molar-refractivity contribution in [1.29, 1.82) is 0 Å². The molecule has 6 nitrogen and oxygen atoms in total. The molecule has 1 fully saturated rings. The summed E-state index contributed by atoms with van der Waals surface area (Å²) >= 11 is 0. The normalized spacial score (nSPS) is 15.9. The number of nitrogens with one attached hydrogen (secondary N) is 1. The highest BCUT2D eigenvalue weighted by molar-refractivity contribution is 6.03. The fourth-order valence-corrected chi connectivity index (χ4v) is 2.22. The van der Waals surface area contributed by atoms with Crippen LogP contribution >= 0.6 is 0 Å². The van der Waals surface area contributed by atoms with Crippen LogP contribution in [0.4, 0.5) is 18.9 Å². The van der Waals surface area contributed by atoms with Crippen LogP contribution in [0.1, 0.15) is 29.8 Å². The number of rotatable bonds is 2. The predicted molar refractivity (Wildman–Crippen MR) is 67.6 cm³/mol. The third kappa shape index (κ3) is 3.34. The van der Waals surface area contributed by atoms with Gasteiger partial charge in [-0.25, -0.2) is 0 Å². The van der Waals surface area contributed by atoms with Crippen molar-refractivity contribution >= 4 is 17.5 Å². The van der Waals surface area contributed by atoms with Crippen LogP contribution in [0.5, 0.6) is 0 Å². The van der Waals surface area contributed by atoms with Crippen molar-refractivity contribution in [2.45, 2.75) is 25.4 Å². The number of halogens is 3. The second-order valence-electron chi connectivity index (χ2n) is 4.84. The van der Waals surface area contributed by atoms with E-state index in [9.17, 15) is 22.8 Å². The summed E-state index contributed by atoms with van der Waals surface area (Å²) in [6.45, 7) is 1.10. The van der Waals surface area contributed by atoms with Gasteiger partial charge in [-0.3, -0.25) is 14.3 Å². The highest BCUT2D eigenvalue weighted by Crippen LogP contribution is 2.22. The molecule has 1 aliphatic rings. The lowest BCUT2D eigenvalue weighted by Crippen LogP contribution is -2.37. The number of carbonyl (C=O) groups is 2. The van der Waals surface area contributed by atoms with Gasteiger partial charge in [0.25, 0.3) is 5.91 Å². The Labute approximate surface area is 118 Å². The van der Waals surface area contributed by atoms with Crippen LogP contribution in [0.2, 0.25) is 0 Å². The molecule has 1 saturated heterocycles. The van der Waals surface area contributed by atoms with Crippen LogP contribution in [0.25, 0.3) is 0 Å². The van der Waals surface area contributed by atoms with Crippen LogP contribution in [0.15, 0.2) is 6.20 Å². The molecule has 0 saturated carbocycles. The Morgan fingerprint density at radius 3 is 2.43 bits per heavy atom. The third-order valence-electron chi connectivity index (χ3n) is 3.29. The maximum absolute atomic E-state index is 12.4. The average Bonchev–Trinajstić information content (AvgIpc) is 2.79. The summed E-state index contributed by atoms with van der Waals surface area (Å²) in [7, 11) is 1.44. The van der Waals surface area contributed by atoms with E-state index in [-0.39, 0.29) is 11.4 Å². The summed E-state index contributed by atoms with van der Waals surface area (Å²) < 4.78 is 38.1. The standard InChI is InChI=1S/C12H15F3N4O2/c1-18-9(10(20)19-5-3-2-4-6-19)8(7-16-18)17-11(21)12(13,14)15/h7H,2-6H2,1H3,(H,17,21). The molecular formula is C12H15F3N4O2. The Morgan fingerprint density at radius 2 is 1.86 bits per heavy atom. The first-order valence-electron chi connectivity index (χ1n) is 6.50. The number of piperidine rings is 1. The fraction of sp³-hybridized carbons (Fsp3) is 0.583. The first-order valence-corrected chi connectivity index (χ1v) is 6.50. The minimum Gasteiger partial charge on any atom is -0.337 e. The molecule has 0 atom stereocenters. The van der Waals surface area contributed by atoms with Crippen molar-refractivity contribution in [3.8, 4) is 0 Å². The van der Waals surface area contributed by atoms with E-state index in [0.29, 0.717) is 13.1 Å². The highest BCUT2D eigenvalue weighted by atomic mass is 19.4. The summed E-state index contributed by atoms with van der Waals surface area (Å²) in [6.07, 6.45) is -1.24. The van der Waals surface area contributed by atoms with Crippen molar-refractivity contribution in [3.05, 3.63) is 11.9 Å². The number of amides is 2. The van der Waals surface area contributed by atoms with E-state index in [1.54, 1.807) is 10.2 Å². The van der Waals surface area contributed by atoms with Crippen molar-refractivity contribution < 1.29 is 22.8 Å². The Kier molecular flexibility index (Phi) is 4.19. The molecule has 0 radical (unpaired) electrons. The Hall–Kier alpha value is -2.06. The third-order valence-corrected chi connectivity index (χ3v) is 3.29. The first kappa shape index (κ1) is 15.3. The molecule has 116 valence electrons. The molecule has 0 unspecified atom stereocenters. The molecule has 0 aromatic carbocycles. The van der Waals surface area contributed by atoms with E-state index < -0.39 is 18.0 Å². The summed E-state index contributed by atoms with van der Waals surface area (Å²) in [5.41, 5.74) is -0.273. The molecule has 21 heavy (non-hydrogen) atoms. The lowest BCUT2D eigenvalue weighted by atomic mass is 10.1. The Morgan fingerprint density at radius 1 is 1.24 bits per heavy atom. The lowest BCUT2D eigenvalue weighted by molar-refractivity contribution is -0.167. The number of aromatic nitrogens is 2. The Balaban J connectivity index is 2.21.